The number of H-pyrrole nitrogens is 1. The molecule has 0 spiro atoms. The molecule has 0 aliphatic heterocycles. The first-order valence-electron chi connectivity index (χ1n) is 11.0. The van der Waals surface area contributed by atoms with Gasteiger partial charge in [-0.1, -0.05) is 72.8 Å². The Morgan fingerprint density at radius 1 is 0.794 bits per heavy atom. The second-order valence-corrected chi connectivity index (χ2v) is 8.06. The summed E-state index contributed by atoms with van der Waals surface area (Å²) < 4.78 is 1.48. The lowest BCUT2D eigenvalue weighted by molar-refractivity contribution is 0.277. The van der Waals surface area contributed by atoms with Crippen LogP contribution in [0, 0.1) is 0 Å². The number of hydrogen-bond donors (Lipinski definition) is 2. The number of pyridine rings is 1. The van der Waals surface area contributed by atoms with E-state index >= 15 is 0 Å². The number of aromatic amines is 1. The van der Waals surface area contributed by atoms with Crippen LogP contribution < -0.4 is 5.56 Å². The van der Waals surface area contributed by atoms with Gasteiger partial charge in [-0.3, -0.25) is 14.9 Å². The molecule has 0 unspecified atom stereocenters. The van der Waals surface area contributed by atoms with Gasteiger partial charge in [-0.15, -0.1) is 0 Å². The molecule has 3 heterocycles. The van der Waals surface area contributed by atoms with E-state index in [-0.39, 0.29) is 12.2 Å². The number of aliphatic hydroxyl groups is 1. The monoisotopic (exact) mass is 444 g/mol. The second-order valence-electron chi connectivity index (χ2n) is 8.06. The summed E-state index contributed by atoms with van der Waals surface area (Å²) in [6.45, 7) is -0.355. The predicted octanol–water partition coefficient (Wildman–Crippen LogP) is 5.06. The van der Waals surface area contributed by atoms with Gasteiger partial charge in [0.1, 0.15) is 0 Å². The van der Waals surface area contributed by atoms with Gasteiger partial charge in [0.2, 0.25) is 0 Å². The highest BCUT2D eigenvalue weighted by Gasteiger charge is 2.22. The minimum Gasteiger partial charge on any atom is -0.390 e. The topological polar surface area (TPSA) is 83.3 Å². The standard InChI is InChI=1S/C28H20N4O2/c33-17-23-24(21-13-14-22-20(16-21)12-7-15-29-22)28(34)32-27(30-23)25(18-8-3-1-4-9-18)26(31-32)19-10-5-2-6-11-19/h1-16,31,33H,17H2. The number of nitrogens with zero attached hydrogens (tertiary/aromatic N) is 3. The minimum atomic E-state index is -0.355. The Balaban J connectivity index is 1.68. The molecule has 3 aromatic carbocycles. The highest BCUT2D eigenvalue weighted by Crippen LogP contribution is 2.35. The van der Waals surface area contributed by atoms with Crippen LogP contribution in [0.1, 0.15) is 5.69 Å². The maximum atomic E-state index is 13.8. The third kappa shape index (κ3) is 3.20. The lowest BCUT2D eigenvalue weighted by Crippen LogP contribution is -2.20. The van der Waals surface area contributed by atoms with Crippen LogP contribution in [-0.2, 0) is 6.61 Å². The van der Waals surface area contributed by atoms with Gasteiger partial charge >= 0.3 is 0 Å². The summed E-state index contributed by atoms with van der Waals surface area (Å²) in [5.74, 6) is 0. The molecule has 0 atom stereocenters. The van der Waals surface area contributed by atoms with Crippen molar-refractivity contribution in [3.8, 4) is 33.5 Å². The first-order chi connectivity index (χ1) is 16.7. The number of hydrogen-bond acceptors (Lipinski definition) is 4. The van der Waals surface area contributed by atoms with Crippen LogP contribution in [0.2, 0.25) is 0 Å². The van der Waals surface area contributed by atoms with E-state index in [2.05, 4.69) is 10.1 Å². The first kappa shape index (κ1) is 20.1. The van der Waals surface area contributed by atoms with Gasteiger partial charge in [-0.05, 0) is 29.3 Å². The molecule has 0 amide bonds. The van der Waals surface area contributed by atoms with Crippen molar-refractivity contribution in [2.24, 2.45) is 0 Å². The molecule has 2 N–H and O–H groups in total. The Kier molecular flexibility index (Phi) is 4.78. The van der Waals surface area contributed by atoms with Crippen molar-refractivity contribution in [2.45, 2.75) is 6.61 Å². The maximum absolute atomic E-state index is 13.8. The van der Waals surface area contributed by atoms with Crippen molar-refractivity contribution in [3.05, 3.63) is 113 Å². The van der Waals surface area contributed by atoms with Crippen molar-refractivity contribution in [3.63, 3.8) is 0 Å². The maximum Gasteiger partial charge on any atom is 0.280 e. The Morgan fingerprint density at radius 2 is 1.53 bits per heavy atom. The lowest BCUT2D eigenvalue weighted by Gasteiger charge is -2.09. The Bertz CT molecular complexity index is 1700. The largest absolute Gasteiger partial charge is 0.390 e. The molecule has 164 valence electrons. The molecule has 0 fully saturated rings. The first-order valence-corrected chi connectivity index (χ1v) is 11.0. The van der Waals surface area contributed by atoms with Gasteiger partial charge in [0.25, 0.3) is 5.56 Å². The van der Waals surface area contributed by atoms with Crippen molar-refractivity contribution in [1.29, 1.82) is 0 Å². The molecule has 6 rings (SSSR count). The highest BCUT2D eigenvalue weighted by molar-refractivity contribution is 5.91. The summed E-state index contributed by atoms with van der Waals surface area (Å²) in [7, 11) is 0. The Labute approximate surface area is 194 Å². The molecule has 0 bridgehead atoms. The van der Waals surface area contributed by atoms with E-state index in [1.165, 1.54) is 4.52 Å². The average molecular weight is 444 g/mol. The lowest BCUT2D eigenvalue weighted by atomic mass is 10.0. The SMILES string of the molecule is O=c1c(-c2ccc3ncccc3c2)c(CO)nc2c(-c3ccccc3)c(-c3ccccc3)[nH]n12. The summed E-state index contributed by atoms with van der Waals surface area (Å²) in [6.07, 6.45) is 1.73. The molecule has 0 aliphatic carbocycles. The Morgan fingerprint density at radius 3 is 2.26 bits per heavy atom. The quantitative estimate of drug-likeness (QED) is 0.398. The third-order valence-corrected chi connectivity index (χ3v) is 6.02. The van der Waals surface area contributed by atoms with E-state index in [0.29, 0.717) is 22.5 Å². The van der Waals surface area contributed by atoms with Crippen LogP contribution in [0.3, 0.4) is 0 Å². The number of aliphatic hydroxyl groups excluding tert-OH is 1. The van der Waals surface area contributed by atoms with Crippen LogP contribution in [0.4, 0.5) is 0 Å². The number of nitrogens with one attached hydrogen (secondary N) is 1. The normalized spacial score (nSPS) is 11.3. The smallest absolute Gasteiger partial charge is 0.280 e. The third-order valence-electron chi connectivity index (χ3n) is 6.02. The molecule has 0 saturated carbocycles. The molecule has 6 aromatic rings. The van der Waals surface area contributed by atoms with Crippen molar-refractivity contribution < 1.29 is 5.11 Å². The second kappa shape index (κ2) is 8.10. The summed E-state index contributed by atoms with van der Waals surface area (Å²) in [5.41, 5.74) is 5.91. The molecule has 0 saturated heterocycles. The fourth-order valence-corrected chi connectivity index (χ4v) is 4.44. The molecule has 6 nitrogen and oxygen atoms in total. The zero-order valence-electron chi connectivity index (χ0n) is 18.1. The summed E-state index contributed by atoms with van der Waals surface area (Å²) in [5, 5.41) is 14.4. The molecular formula is C28H20N4O2. The summed E-state index contributed by atoms with van der Waals surface area (Å²) >= 11 is 0. The number of rotatable bonds is 4. The molecule has 0 radical (unpaired) electrons. The van der Waals surface area contributed by atoms with E-state index in [9.17, 15) is 9.90 Å². The van der Waals surface area contributed by atoms with E-state index in [4.69, 9.17) is 4.98 Å². The molecule has 6 heteroatoms. The van der Waals surface area contributed by atoms with E-state index in [0.717, 1.165) is 33.3 Å². The molecule has 34 heavy (non-hydrogen) atoms. The fourth-order valence-electron chi connectivity index (χ4n) is 4.44. The van der Waals surface area contributed by atoms with E-state index < -0.39 is 0 Å². The van der Waals surface area contributed by atoms with Gasteiger partial charge in [-0.2, -0.15) is 4.52 Å². The van der Waals surface area contributed by atoms with Gasteiger partial charge in [0.05, 0.1) is 34.6 Å². The molecule has 0 aliphatic rings. The van der Waals surface area contributed by atoms with Crippen LogP contribution in [0.25, 0.3) is 50.1 Å². The average Bonchev–Trinajstić information content (AvgIpc) is 3.29. The number of fused-ring (bicyclic) bond motifs is 2. The minimum absolute atomic E-state index is 0.267. The number of aromatic nitrogens is 4. The van der Waals surface area contributed by atoms with Crippen molar-refractivity contribution >= 4 is 16.6 Å². The predicted molar refractivity (Wildman–Crippen MR) is 133 cm³/mol. The van der Waals surface area contributed by atoms with E-state index in [1.807, 2.05) is 91.0 Å². The summed E-state index contributed by atoms with van der Waals surface area (Å²) in [6, 6.07) is 29.1. The Hall–Kier alpha value is -4.55. The van der Waals surface area contributed by atoms with Gasteiger partial charge in [0.15, 0.2) is 5.65 Å². The van der Waals surface area contributed by atoms with Crippen molar-refractivity contribution in [1.82, 2.24) is 19.6 Å². The van der Waals surface area contributed by atoms with Gasteiger partial charge in [0, 0.05) is 17.1 Å². The zero-order valence-corrected chi connectivity index (χ0v) is 18.1. The zero-order chi connectivity index (χ0) is 23.1. The van der Waals surface area contributed by atoms with Gasteiger partial charge in [-0.25, -0.2) is 4.98 Å². The highest BCUT2D eigenvalue weighted by atomic mass is 16.3. The van der Waals surface area contributed by atoms with Gasteiger partial charge < -0.3 is 5.11 Å². The molecular weight excluding hydrogens is 424 g/mol. The summed E-state index contributed by atoms with van der Waals surface area (Å²) in [4.78, 5) is 23.0. The van der Waals surface area contributed by atoms with Crippen LogP contribution >= 0.6 is 0 Å². The van der Waals surface area contributed by atoms with Crippen LogP contribution in [0.15, 0.2) is 102 Å². The molecule has 3 aromatic heterocycles. The van der Waals surface area contributed by atoms with E-state index in [1.54, 1.807) is 6.20 Å². The number of benzene rings is 3. The van der Waals surface area contributed by atoms with Crippen LogP contribution in [-0.4, -0.2) is 24.7 Å². The fraction of sp³-hybridized carbons (Fsp3) is 0.0357. The van der Waals surface area contributed by atoms with Crippen LogP contribution in [0.5, 0.6) is 0 Å². The van der Waals surface area contributed by atoms with Crippen molar-refractivity contribution in [2.75, 3.05) is 0 Å².